The zero-order valence-corrected chi connectivity index (χ0v) is 12.0. The van der Waals surface area contributed by atoms with E-state index in [2.05, 4.69) is 4.72 Å². The van der Waals surface area contributed by atoms with Crippen molar-refractivity contribution in [2.45, 2.75) is 23.9 Å². The number of aliphatic carboxylic acids is 1. The summed E-state index contributed by atoms with van der Waals surface area (Å²) in [6.07, 6.45) is -4.81. The Labute approximate surface area is 123 Å². The molecule has 0 radical (unpaired) electrons. The predicted octanol–water partition coefficient (Wildman–Crippen LogP) is 2.50. The summed E-state index contributed by atoms with van der Waals surface area (Å²) in [5.41, 5.74) is -1.06. The van der Waals surface area contributed by atoms with Crippen molar-refractivity contribution in [2.24, 2.45) is 0 Å². The van der Waals surface area contributed by atoms with E-state index in [0.29, 0.717) is 12.1 Å². The molecule has 0 amide bonds. The predicted molar refractivity (Wildman–Crippen MR) is 68.5 cm³/mol. The normalized spacial score (nSPS) is 12.4. The van der Waals surface area contributed by atoms with Gasteiger partial charge in [0.05, 0.1) is 10.6 Å². The number of sulfonamides is 1. The van der Waals surface area contributed by atoms with Gasteiger partial charge < -0.3 is 5.11 Å². The molecule has 118 valence electrons. The summed E-state index contributed by atoms with van der Waals surface area (Å²) in [6, 6.07) is 1.88. The van der Waals surface area contributed by atoms with Crippen LogP contribution in [0.25, 0.3) is 0 Å². The summed E-state index contributed by atoms with van der Waals surface area (Å²) in [7, 11) is -4.09. The second kappa shape index (κ2) is 6.63. The Balaban J connectivity index is 2.87. The number of rotatable bonds is 6. The third-order valence-corrected chi connectivity index (χ3v) is 4.35. The van der Waals surface area contributed by atoms with Crippen LogP contribution in [0.5, 0.6) is 0 Å². The van der Waals surface area contributed by atoms with Crippen LogP contribution in [0.3, 0.4) is 0 Å². The first-order valence-corrected chi connectivity index (χ1v) is 7.48. The second-order valence-corrected chi connectivity index (χ2v) is 6.18. The van der Waals surface area contributed by atoms with Crippen molar-refractivity contribution in [2.75, 3.05) is 6.54 Å². The van der Waals surface area contributed by atoms with E-state index in [1.165, 1.54) is 0 Å². The highest BCUT2D eigenvalue weighted by Crippen LogP contribution is 2.33. The maximum Gasteiger partial charge on any atom is 0.416 e. The van der Waals surface area contributed by atoms with Crippen LogP contribution in [0.1, 0.15) is 18.4 Å². The van der Waals surface area contributed by atoms with Gasteiger partial charge in [0, 0.05) is 13.0 Å². The first-order valence-electron chi connectivity index (χ1n) is 5.62. The van der Waals surface area contributed by atoms with Gasteiger partial charge in [-0.25, -0.2) is 13.1 Å². The molecule has 0 saturated carbocycles. The van der Waals surface area contributed by atoms with Gasteiger partial charge in [-0.1, -0.05) is 11.6 Å². The zero-order valence-electron chi connectivity index (χ0n) is 10.4. The summed E-state index contributed by atoms with van der Waals surface area (Å²) in [5, 5.41) is 7.85. The zero-order chi connectivity index (χ0) is 16.3. The van der Waals surface area contributed by atoms with Crippen LogP contribution in [0.15, 0.2) is 23.1 Å². The van der Waals surface area contributed by atoms with Gasteiger partial charge in [0.2, 0.25) is 10.0 Å². The summed E-state index contributed by atoms with van der Waals surface area (Å²) in [4.78, 5) is 9.78. The molecule has 0 heterocycles. The van der Waals surface area contributed by atoms with E-state index in [1.807, 2.05) is 0 Å². The molecule has 0 fully saturated rings. The Morgan fingerprint density at radius 2 is 1.95 bits per heavy atom. The van der Waals surface area contributed by atoms with Gasteiger partial charge in [-0.2, -0.15) is 13.2 Å². The minimum absolute atomic E-state index is 0.0484. The molecular formula is C11H11ClF3NO4S. The van der Waals surface area contributed by atoms with Crippen molar-refractivity contribution in [3.63, 3.8) is 0 Å². The molecule has 0 bridgehead atoms. The quantitative estimate of drug-likeness (QED) is 0.776. The number of carboxylic acids is 1. The standard InChI is InChI=1S/C11H11ClF3NO4S/c12-8-6-7(11(13,14)15)3-4-9(8)21(19,20)16-5-1-2-10(17)18/h3-4,6,16H,1-2,5H2,(H,17,18). The molecule has 1 aromatic rings. The maximum atomic E-state index is 12.4. The lowest BCUT2D eigenvalue weighted by Crippen LogP contribution is -2.25. The molecule has 0 unspecified atom stereocenters. The van der Waals surface area contributed by atoms with Gasteiger partial charge in [0.1, 0.15) is 4.90 Å². The highest BCUT2D eigenvalue weighted by atomic mass is 35.5. The summed E-state index contributed by atoms with van der Waals surface area (Å²) < 4.78 is 63.1. The van der Waals surface area contributed by atoms with E-state index < -0.39 is 37.7 Å². The van der Waals surface area contributed by atoms with Crippen LogP contribution in [-0.2, 0) is 21.0 Å². The van der Waals surface area contributed by atoms with Gasteiger partial charge in [0.25, 0.3) is 0 Å². The lowest BCUT2D eigenvalue weighted by atomic mass is 10.2. The number of halogens is 4. The van der Waals surface area contributed by atoms with Crippen molar-refractivity contribution in [1.82, 2.24) is 4.72 Å². The Bertz CT molecular complexity index is 631. The lowest BCUT2D eigenvalue weighted by Gasteiger charge is -2.11. The fraction of sp³-hybridized carbons (Fsp3) is 0.364. The molecule has 0 aliphatic rings. The number of benzene rings is 1. The molecule has 21 heavy (non-hydrogen) atoms. The Morgan fingerprint density at radius 3 is 2.43 bits per heavy atom. The van der Waals surface area contributed by atoms with Crippen LogP contribution in [-0.4, -0.2) is 26.0 Å². The van der Waals surface area contributed by atoms with E-state index in [9.17, 15) is 26.4 Å². The van der Waals surface area contributed by atoms with Gasteiger partial charge in [0.15, 0.2) is 0 Å². The monoisotopic (exact) mass is 345 g/mol. The van der Waals surface area contributed by atoms with E-state index in [4.69, 9.17) is 16.7 Å². The molecular weight excluding hydrogens is 335 g/mol. The smallest absolute Gasteiger partial charge is 0.416 e. The topological polar surface area (TPSA) is 83.5 Å². The van der Waals surface area contributed by atoms with Crippen LogP contribution in [0.4, 0.5) is 13.2 Å². The number of carbonyl (C=O) groups is 1. The average Bonchev–Trinajstić information content (AvgIpc) is 2.33. The Kier molecular flexibility index (Phi) is 5.60. The molecule has 10 heteroatoms. The average molecular weight is 346 g/mol. The van der Waals surface area contributed by atoms with E-state index >= 15 is 0 Å². The second-order valence-electron chi connectivity index (χ2n) is 4.04. The van der Waals surface area contributed by atoms with Gasteiger partial charge in [-0.15, -0.1) is 0 Å². The molecule has 5 nitrogen and oxygen atoms in total. The van der Waals surface area contributed by atoms with Gasteiger partial charge in [-0.05, 0) is 24.6 Å². The first-order chi connectivity index (χ1) is 9.54. The van der Waals surface area contributed by atoms with Gasteiger partial charge >= 0.3 is 12.1 Å². The third-order valence-electron chi connectivity index (χ3n) is 2.41. The number of hydrogen-bond donors (Lipinski definition) is 2. The molecule has 0 atom stereocenters. The van der Waals surface area contributed by atoms with Crippen LogP contribution in [0, 0.1) is 0 Å². The van der Waals surface area contributed by atoms with Crippen LogP contribution >= 0.6 is 11.6 Å². The number of nitrogens with one attached hydrogen (secondary N) is 1. The summed E-state index contributed by atoms with van der Waals surface area (Å²) in [5.74, 6) is -1.08. The molecule has 0 aromatic heterocycles. The highest BCUT2D eigenvalue weighted by molar-refractivity contribution is 7.89. The van der Waals surface area contributed by atoms with Crippen LogP contribution in [0.2, 0.25) is 5.02 Å². The maximum absolute atomic E-state index is 12.4. The molecule has 2 N–H and O–H groups in total. The Hall–Kier alpha value is -1.32. The van der Waals surface area contributed by atoms with Crippen molar-refractivity contribution in [3.8, 4) is 0 Å². The molecule has 0 saturated heterocycles. The molecule has 0 spiro atoms. The minimum atomic E-state index is -4.62. The van der Waals surface area contributed by atoms with Crippen molar-refractivity contribution in [1.29, 1.82) is 0 Å². The summed E-state index contributed by atoms with van der Waals surface area (Å²) >= 11 is 5.57. The van der Waals surface area contributed by atoms with Crippen molar-refractivity contribution in [3.05, 3.63) is 28.8 Å². The van der Waals surface area contributed by atoms with Crippen molar-refractivity contribution < 1.29 is 31.5 Å². The number of alkyl halides is 3. The molecule has 0 aliphatic heterocycles. The SMILES string of the molecule is O=C(O)CCCNS(=O)(=O)c1ccc(C(F)(F)F)cc1Cl. The summed E-state index contributed by atoms with van der Waals surface area (Å²) in [6.45, 7) is -0.161. The molecule has 0 aliphatic carbocycles. The molecule has 1 rings (SSSR count). The van der Waals surface area contributed by atoms with E-state index in [1.54, 1.807) is 0 Å². The third kappa shape index (κ3) is 5.18. The number of carboxylic acid groups (broad SMARTS) is 1. The Morgan fingerprint density at radius 1 is 1.33 bits per heavy atom. The first kappa shape index (κ1) is 17.7. The largest absolute Gasteiger partial charge is 0.481 e. The number of hydrogen-bond acceptors (Lipinski definition) is 3. The lowest BCUT2D eigenvalue weighted by molar-refractivity contribution is -0.138. The van der Waals surface area contributed by atoms with E-state index in [0.717, 1.165) is 6.07 Å². The minimum Gasteiger partial charge on any atom is -0.481 e. The highest BCUT2D eigenvalue weighted by Gasteiger charge is 2.32. The fourth-order valence-electron chi connectivity index (χ4n) is 1.42. The van der Waals surface area contributed by atoms with Gasteiger partial charge in [-0.3, -0.25) is 4.79 Å². The van der Waals surface area contributed by atoms with Crippen LogP contribution < -0.4 is 4.72 Å². The van der Waals surface area contributed by atoms with E-state index in [-0.39, 0.29) is 19.4 Å². The fourth-order valence-corrected chi connectivity index (χ4v) is 3.04. The molecule has 1 aromatic carbocycles. The van der Waals surface area contributed by atoms with Crippen molar-refractivity contribution >= 4 is 27.6 Å².